The lowest BCUT2D eigenvalue weighted by Crippen LogP contribution is -2.17. The second kappa shape index (κ2) is 7.83. The van der Waals surface area contributed by atoms with Crippen molar-refractivity contribution in [1.82, 2.24) is 15.4 Å². The molecule has 2 aromatic carbocycles. The summed E-state index contributed by atoms with van der Waals surface area (Å²) in [6.07, 6.45) is 6.43. The Morgan fingerprint density at radius 1 is 1.16 bits per heavy atom. The van der Waals surface area contributed by atoms with Gasteiger partial charge in [-0.3, -0.25) is 14.8 Å². The van der Waals surface area contributed by atoms with Gasteiger partial charge in [0, 0.05) is 18.0 Å². The Kier molecular flexibility index (Phi) is 5.11. The number of nitrogens with zero attached hydrogens (tertiary/aromatic N) is 3. The molecular formula is C19H16N4O2. The van der Waals surface area contributed by atoms with E-state index >= 15 is 0 Å². The zero-order valence-electron chi connectivity index (χ0n) is 13.4. The van der Waals surface area contributed by atoms with E-state index in [-0.39, 0.29) is 5.91 Å². The highest BCUT2D eigenvalue weighted by Gasteiger charge is 2.06. The zero-order chi connectivity index (χ0) is 17.5. The molecule has 3 rings (SSSR count). The number of rotatable bonds is 6. The minimum atomic E-state index is -0.317. The number of carbonyl (C=O) groups is 1. The molecule has 0 atom stereocenters. The van der Waals surface area contributed by atoms with E-state index < -0.39 is 0 Å². The Morgan fingerprint density at radius 2 is 2.00 bits per heavy atom. The molecule has 0 saturated carbocycles. The van der Waals surface area contributed by atoms with Crippen molar-refractivity contribution in [2.45, 2.75) is 0 Å². The zero-order valence-corrected chi connectivity index (χ0v) is 13.4. The molecule has 1 aromatic heterocycles. The number of nitrogens with one attached hydrogen (secondary N) is 1. The molecule has 1 N–H and O–H groups in total. The highest BCUT2D eigenvalue weighted by molar-refractivity contribution is 5.97. The predicted octanol–water partition coefficient (Wildman–Crippen LogP) is 2.96. The second-order valence-corrected chi connectivity index (χ2v) is 5.13. The Morgan fingerprint density at radius 3 is 2.84 bits per heavy atom. The first-order valence-corrected chi connectivity index (χ1v) is 7.64. The van der Waals surface area contributed by atoms with Gasteiger partial charge in [0.2, 0.25) is 0 Å². The first-order chi connectivity index (χ1) is 12.3. The Labute approximate surface area is 144 Å². The van der Waals surface area contributed by atoms with E-state index in [1.165, 1.54) is 0 Å². The molecule has 1 amide bonds. The number of aromatic nitrogens is 2. The maximum atomic E-state index is 12.2. The van der Waals surface area contributed by atoms with E-state index in [2.05, 4.69) is 27.1 Å². The van der Waals surface area contributed by atoms with Crippen LogP contribution in [0.1, 0.15) is 15.9 Å². The van der Waals surface area contributed by atoms with Gasteiger partial charge in [-0.1, -0.05) is 24.8 Å². The lowest BCUT2D eigenvalue weighted by atomic mass is 10.2. The van der Waals surface area contributed by atoms with Crippen LogP contribution in [-0.2, 0) is 0 Å². The van der Waals surface area contributed by atoms with Gasteiger partial charge in [-0.05, 0) is 35.9 Å². The van der Waals surface area contributed by atoms with Gasteiger partial charge in [0.15, 0.2) is 0 Å². The molecule has 25 heavy (non-hydrogen) atoms. The quantitative estimate of drug-likeness (QED) is 0.428. The summed E-state index contributed by atoms with van der Waals surface area (Å²) >= 11 is 0. The summed E-state index contributed by atoms with van der Waals surface area (Å²) in [6.45, 7) is 4.04. The molecular weight excluding hydrogens is 316 g/mol. The lowest BCUT2D eigenvalue weighted by molar-refractivity contribution is 0.0955. The average molecular weight is 332 g/mol. The molecule has 0 aliphatic rings. The maximum absolute atomic E-state index is 12.2. The van der Waals surface area contributed by atoms with Crippen molar-refractivity contribution in [3.63, 3.8) is 0 Å². The average Bonchev–Trinajstić information content (AvgIpc) is 2.66. The number of hydrogen-bond donors (Lipinski definition) is 1. The van der Waals surface area contributed by atoms with Crippen LogP contribution < -0.4 is 10.2 Å². The van der Waals surface area contributed by atoms with Gasteiger partial charge in [0.05, 0.1) is 17.2 Å². The predicted molar refractivity (Wildman–Crippen MR) is 96.7 cm³/mol. The highest BCUT2D eigenvalue weighted by atomic mass is 16.5. The molecule has 0 bridgehead atoms. The number of ether oxygens (including phenoxy) is 1. The molecule has 0 aliphatic carbocycles. The summed E-state index contributed by atoms with van der Waals surface area (Å²) in [7, 11) is 0. The highest BCUT2D eigenvalue weighted by Crippen LogP contribution is 2.12. The first kappa shape index (κ1) is 16.3. The topological polar surface area (TPSA) is 76.5 Å². The number of hydrogen-bond acceptors (Lipinski definition) is 5. The fraction of sp³-hybridized carbons (Fsp3) is 0.0526. The Balaban J connectivity index is 1.66. The van der Waals surface area contributed by atoms with Crippen LogP contribution in [0, 0.1) is 0 Å². The number of carbonyl (C=O) groups excluding carboxylic acids is 1. The summed E-state index contributed by atoms with van der Waals surface area (Å²) < 4.78 is 5.45. The Bertz CT molecular complexity index is 937. The summed E-state index contributed by atoms with van der Waals surface area (Å²) in [5.74, 6) is 0.395. The summed E-state index contributed by atoms with van der Waals surface area (Å²) in [5, 5.41) is 3.98. The van der Waals surface area contributed by atoms with Crippen LogP contribution in [0.25, 0.3) is 11.0 Å². The van der Waals surface area contributed by atoms with Crippen LogP contribution in [0.5, 0.6) is 5.75 Å². The van der Waals surface area contributed by atoms with Gasteiger partial charge < -0.3 is 4.74 Å². The van der Waals surface area contributed by atoms with Crippen molar-refractivity contribution in [3.05, 3.63) is 78.6 Å². The van der Waals surface area contributed by atoms with Crippen LogP contribution >= 0.6 is 0 Å². The molecule has 6 heteroatoms. The third-order valence-electron chi connectivity index (χ3n) is 3.34. The largest absolute Gasteiger partial charge is 0.490 e. The van der Waals surface area contributed by atoms with Crippen molar-refractivity contribution in [3.8, 4) is 5.75 Å². The van der Waals surface area contributed by atoms with Gasteiger partial charge in [-0.2, -0.15) is 5.10 Å². The standard InChI is InChI=1S/C19H16N4O2/c1-2-10-25-16-5-3-4-14(11-16)13-22-23-19(24)15-6-7-17-18(12-15)21-9-8-20-17/h2-9,11-13H,1,10H2,(H,23,24)/b22-13+. The summed E-state index contributed by atoms with van der Waals surface area (Å²) in [4.78, 5) is 20.5. The van der Waals surface area contributed by atoms with Crippen molar-refractivity contribution < 1.29 is 9.53 Å². The molecule has 0 radical (unpaired) electrons. The smallest absolute Gasteiger partial charge is 0.271 e. The minimum Gasteiger partial charge on any atom is -0.490 e. The molecule has 0 fully saturated rings. The third-order valence-corrected chi connectivity index (χ3v) is 3.34. The van der Waals surface area contributed by atoms with Crippen molar-refractivity contribution >= 4 is 23.2 Å². The number of hydrazone groups is 1. The molecule has 124 valence electrons. The first-order valence-electron chi connectivity index (χ1n) is 7.64. The normalized spacial score (nSPS) is 10.7. The molecule has 1 heterocycles. The molecule has 6 nitrogen and oxygen atoms in total. The van der Waals surface area contributed by atoms with E-state index in [1.54, 1.807) is 42.9 Å². The van der Waals surface area contributed by atoms with Gasteiger partial charge >= 0.3 is 0 Å². The van der Waals surface area contributed by atoms with Crippen molar-refractivity contribution in [1.29, 1.82) is 0 Å². The second-order valence-electron chi connectivity index (χ2n) is 5.13. The van der Waals surface area contributed by atoms with E-state index in [1.807, 2.05) is 24.3 Å². The molecule has 0 aliphatic heterocycles. The maximum Gasteiger partial charge on any atom is 0.271 e. The number of amides is 1. The fourth-order valence-electron chi connectivity index (χ4n) is 2.17. The van der Waals surface area contributed by atoms with Crippen molar-refractivity contribution in [2.75, 3.05) is 6.61 Å². The van der Waals surface area contributed by atoms with Crippen LogP contribution in [-0.4, -0.2) is 28.7 Å². The third kappa shape index (κ3) is 4.26. The van der Waals surface area contributed by atoms with E-state index in [9.17, 15) is 4.79 Å². The van der Waals surface area contributed by atoms with Crippen LogP contribution in [0.2, 0.25) is 0 Å². The van der Waals surface area contributed by atoms with E-state index in [4.69, 9.17) is 4.74 Å². The lowest BCUT2D eigenvalue weighted by Gasteiger charge is -2.04. The van der Waals surface area contributed by atoms with E-state index in [0.717, 1.165) is 11.1 Å². The van der Waals surface area contributed by atoms with Gasteiger partial charge in [-0.15, -0.1) is 0 Å². The van der Waals surface area contributed by atoms with Crippen LogP contribution in [0.3, 0.4) is 0 Å². The molecule has 0 saturated heterocycles. The van der Waals surface area contributed by atoms with Gasteiger partial charge in [0.1, 0.15) is 12.4 Å². The summed E-state index contributed by atoms with van der Waals surface area (Å²) in [6, 6.07) is 12.5. The van der Waals surface area contributed by atoms with E-state index in [0.29, 0.717) is 23.4 Å². The molecule has 0 unspecified atom stereocenters. The molecule has 3 aromatic rings. The number of benzene rings is 2. The fourth-order valence-corrected chi connectivity index (χ4v) is 2.17. The molecule has 0 spiro atoms. The number of fused-ring (bicyclic) bond motifs is 1. The minimum absolute atomic E-state index is 0.317. The SMILES string of the molecule is C=CCOc1cccc(/C=N/NC(=O)c2ccc3nccnc3c2)c1. The summed E-state index contributed by atoms with van der Waals surface area (Å²) in [5.41, 5.74) is 5.17. The Hall–Kier alpha value is -3.54. The van der Waals surface area contributed by atoms with Gasteiger partial charge in [0.25, 0.3) is 5.91 Å². The van der Waals surface area contributed by atoms with Crippen LogP contribution in [0.15, 0.2) is 72.6 Å². The monoisotopic (exact) mass is 332 g/mol. The van der Waals surface area contributed by atoms with Gasteiger partial charge in [-0.25, -0.2) is 5.43 Å². The van der Waals surface area contributed by atoms with Crippen molar-refractivity contribution in [2.24, 2.45) is 5.10 Å². The van der Waals surface area contributed by atoms with Crippen LogP contribution in [0.4, 0.5) is 0 Å².